The van der Waals surface area contributed by atoms with Crippen molar-refractivity contribution in [2.24, 2.45) is 5.92 Å². The number of halogens is 2. The molecule has 2 aromatic carbocycles. The van der Waals surface area contributed by atoms with E-state index in [0.29, 0.717) is 23.2 Å². The van der Waals surface area contributed by atoms with Gasteiger partial charge in [-0.1, -0.05) is 59.6 Å². The standard InChI is InChI=1S/C24H30BrClN2O3/c1-15(2)12-27-24(30)18(5)28(13-19-8-6-7-9-21(19)26)22(29)14-31-20-10-16(3)23(25)17(4)11-20/h6-11,15,18H,12-14H2,1-5H3,(H,27,30)/t18-/m1/s1. The van der Waals surface area contributed by atoms with Crippen LogP contribution in [0.3, 0.4) is 0 Å². The number of ether oxygens (including phenoxy) is 1. The molecular formula is C24H30BrClN2O3. The molecule has 0 aliphatic heterocycles. The van der Waals surface area contributed by atoms with Crippen molar-refractivity contribution in [2.45, 2.75) is 47.2 Å². The average Bonchev–Trinajstić information content (AvgIpc) is 2.72. The van der Waals surface area contributed by atoms with E-state index in [0.717, 1.165) is 21.2 Å². The number of hydrogen-bond acceptors (Lipinski definition) is 3. The fourth-order valence-corrected chi connectivity index (χ4v) is 3.49. The van der Waals surface area contributed by atoms with Crippen LogP contribution in [0.15, 0.2) is 40.9 Å². The molecule has 0 bridgehead atoms. The predicted molar refractivity (Wildman–Crippen MR) is 128 cm³/mol. The second-order valence-corrected chi connectivity index (χ2v) is 9.29. The molecule has 0 aliphatic rings. The summed E-state index contributed by atoms with van der Waals surface area (Å²) in [6.45, 7) is 10.3. The molecule has 31 heavy (non-hydrogen) atoms. The Kier molecular flexibility index (Phi) is 9.38. The molecule has 0 saturated carbocycles. The number of aryl methyl sites for hydroxylation is 2. The maximum absolute atomic E-state index is 13.1. The van der Waals surface area contributed by atoms with Crippen molar-refractivity contribution in [1.82, 2.24) is 10.2 Å². The smallest absolute Gasteiger partial charge is 0.261 e. The Hall–Kier alpha value is -2.05. The Morgan fingerprint density at radius 3 is 2.32 bits per heavy atom. The fourth-order valence-electron chi connectivity index (χ4n) is 3.06. The molecule has 0 aromatic heterocycles. The molecule has 1 N–H and O–H groups in total. The van der Waals surface area contributed by atoms with Gasteiger partial charge in [-0.05, 0) is 61.6 Å². The quantitative estimate of drug-likeness (QED) is 0.500. The van der Waals surface area contributed by atoms with Crippen molar-refractivity contribution < 1.29 is 14.3 Å². The van der Waals surface area contributed by atoms with Crippen LogP contribution >= 0.6 is 27.5 Å². The highest BCUT2D eigenvalue weighted by Crippen LogP contribution is 2.26. The maximum atomic E-state index is 13.1. The first kappa shape index (κ1) is 25.2. The number of amides is 2. The van der Waals surface area contributed by atoms with Crippen LogP contribution in [0.25, 0.3) is 0 Å². The Bertz CT molecular complexity index is 910. The van der Waals surface area contributed by atoms with Gasteiger partial charge in [0.2, 0.25) is 5.91 Å². The lowest BCUT2D eigenvalue weighted by atomic mass is 10.1. The van der Waals surface area contributed by atoms with Gasteiger partial charge in [0.05, 0.1) is 0 Å². The molecule has 2 amide bonds. The lowest BCUT2D eigenvalue weighted by Gasteiger charge is -2.29. The molecule has 0 fully saturated rings. The van der Waals surface area contributed by atoms with E-state index in [1.54, 1.807) is 13.0 Å². The molecule has 0 unspecified atom stereocenters. The van der Waals surface area contributed by atoms with Gasteiger partial charge in [0, 0.05) is 22.6 Å². The van der Waals surface area contributed by atoms with E-state index in [1.165, 1.54) is 4.90 Å². The van der Waals surface area contributed by atoms with Crippen LogP contribution in [-0.4, -0.2) is 35.9 Å². The second kappa shape index (κ2) is 11.5. The van der Waals surface area contributed by atoms with Crippen LogP contribution < -0.4 is 10.1 Å². The molecule has 1 atom stereocenters. The number of hydrogen-bond donors (Lipinski definition) is 1. The monoisotopic (exact) mass is 508 g/mol. The number of rotatable bonds is 9. The number of nitrogens with zero attached hydrogens (tertiary/aromatic N) is 1. The predicted octanol–water partition coefficient (Wildman–Crippen LogP) is 5.29. The van der Waals surface area contributed by atoms with E-state index in [2.05, 4.69) is 21.2 Å². The summed E-state index contributed by atoms with van der Waals surface area (Å²) in [5.41, 5.74) is 2.82. The van der Waals surface area contributed by atoms with Crippen LogP contribution in [-0.2, 0) is 16.1 Å². The van der Waals surface area contributed by atoms with Gasteiger partial charge in [0.15, 0.2) is 6.61 Å². The highest BCUT2D eigenvalue weighted by atomic mass is 79.9. The van der Waals surface area contributed by atoms with E-state index in [-0.39, 0.29) is 25.0 Å². The lowest BCUT2D eigenvalue weighted by Crippen LogP contribution is -2.49. The number of nitrogens with one attached hydrogen (secondary N) is 1. The fraction of sp³-hybridized carbons (Fsp3) is 0.417. The highest BCUT2D eigenvalue weighted by Gasteiger charge is 2.27. The minimum atomic E-state index is -0.667. The largest absolute Gasteiger partial charge is 0.484 e. The van der Waals surface area contributed by atoms with Crippen molar-refractivity contribution in [2.75, 3.05) is 13.2 Å². The van der Waals surface area contributed by atoms with E-state index in [9.17, 15) is 9.59 Å². The summed E-state index contributed by atoms with van der Waals surface area (Å²) in [6, 6.07) is 10.4. The van der Waals surface area contributed by atoms with Crippen LogP contribution in [0.1, 0.15) is 37.5 Å². The topological polar surface area (TPSA) is 58.6 Å². The Balaban J connectivity index is 2.19. The molecule has 0 saturated heterocycles. The Morgan fingerprint density at radius 2 is 1.74 bits per heavy atom. The first-order valence-corrected chi connectivity index (χ1v) is 11.5. The minimum absolute atomic E-state index is 0.174. The Morgan fingerprint density at radius 1 is 1.13 bits per heavy atom. The first-order chi connectivity index (χ1) is 14.6. The van der Waals surface area contributed by atoms with Crippen LogP contribution in [0, 0.1) is 19.8 Å². The number of benzene rings is 2. The second-order valence-electron chi connectivity index (χ2n) is 8.09. The van der Waals surface area contributed by atoms with Crippen LogP contribution in [0.4, 0.5) is 0 Å². The molecule has 2 rings (SSSR count). The van der Waals surface area contributed by atoms with Gasteiger partial charge in [0.1, 0.15) is 11.8 Å². The van der Waals surface area contributed by atoms with E-state index < -0.39 is 6.04 Å². The van der Waals surface area contributed by atoms with Gasteiger partial charge in [-0.25, -0.2) is 0 Å². The van der Waals surface area contributed by atoms with Gasteiger partial charge < -0.3 is 15.0 Å². The zero-order chi connectivity index (χ0) is 23.1. The summed E-state index contributed by atoms with van der Waals surface area (Å²) >= 11 is 9.84. The average molecular weight is 510 g/mol. The van der Waals surface area contributed by atoms with E-state index in [1.807, 2.05) is 58.0 Å². The lowest BCUT2D eigenvalue weighted by molar-refractivity contribution is -0.142. The van der Waals surface area contributed by atoms with Crippen molar-refractivity contribution >= 4 is 39.3 Å². The normalized spacial score (nSPS) is 11.9. The third-order valence-electron chi connectivity index (χ3n) is 4.92. The third-order valence-corrected chi connectivity index (χ3v) is 6.54. The van der Waals surface area contributed by atoms with Crippen molar-refractivity contribution in [3.8, 4) is 5.75 Å². The number of carbonyl (C=O) groups is 2. The number of carbonyl (C=O) groups excluding carboxylic acids is 2. The highest BCUT2D eigenvalue weighted by molar-refractivity contribution is 9.10. The molecule has 7 heteroatoms. The Labute approximate surface area is 198 Å². The summed E-state index contributed by atoms with van der Waals surface area (Å²) in [5.74, 6) is 0.437. The van der Waals surface area contributed by atoms with E-state index in [4.69, 9.17) is 16.3 Å². The summed E-state index contributed by atoms with van der Waals surface area (Å²) in [4.78, 5) is 27.3. The van der Waals surface area contributed by atoms with Crippen molar-refractivity contribution in [1.29, 1.82) is 0 Å². The summed E-state index contributed by atoms with van der Waals surface area (Å²) in [5, 5.41) is 3.45. The van der Waals surface area contributed by atoms with Gasteiger partial charge in [-0.3, -0.25) is 9.59 Å². The van der Waals surface area contributed by atoms with Gasteiger partial charge in [0.25, 0.3) is 5.91 Å². The molecule has 0 radical (unpaired) electrons. The van der Waals surface area contributed by atoms with Crippen LogP contribution in [0.5, 0.6) is 5.75 Å². The zero-order valence-corrected chi connectivity index (χ0v) is 21.0. The van der Waals surface area contributed by atoms with Crippen molar-refractivity contribution in [3.05, 3.63) is 62.6 Å². The van der Waals surface area contributed by atoms with Crippen molar-refractivity contribution in [3.63, 3.8) is 0 Å². The minimum Gasteiger partial charge on any atom is -0.484 e. The van der Waals surface area contributed by atoms with E-state index >= 15 is 0 Å². The molecule has 0 heterocycles. The summed E-state index contributed by atoms with van der Waals surface area (Å²) in [7, 11) is 0. The third kappa shape index (κ3) is 7.25. The summed E-state index contributed by atoms with van der Waals surface area (Å²) < 4.78 is 6.80. The molecular weight excluding hydrogens is 480 g/mol. The SMILES string of the molecule is Cc1cc(OCC(=O)N(Cc2ccccc2Cl)[C@H](C)C(=O)NCC(C)C)cc(C)c1Br. The zero-order valence-electron chi connectivity index (χ0n) is 18.7. The molecule has 0 aliphatic carbocycles. The van der Waals surface area contributed by atoms with Crippen LogP contribution in [0.2, 0.25) is 5.02 Å². The first-order valence-electron chi connectivity index (χ1n) is 10.3. The molecule has 2 aromatic rings. The molecule has 0 spiro atoms. The van der Waals surface area contributed by atoms with Gasteiger partial charge in [-0.15, -0.1) is 0 Å². The van der Waals surface area contributed by atoms with Gasteiger partial charge >= 0.3 is 0 Å². The van der Waals surface area contributed by atoms with Gasteiger partial charge in [-0.2, -0.15) is 0 Å². The molecule has 5 nitrogen and oxygen atoms in total. The molecule has 168 valence electrons. The maximum Gasteiger partial charge on any atom is 0.261 e. The summed E-state index contributed by atoms with van der Waals surface area (Å²) in [6.07, 6.45) is 0.